The van der Waals surface area contributed by atoms with Crippen LogP contribution in [0.15, 0.2) is 42.9 Å². The van der Waals surface area contributed by atoms with Crippen LogP contribution in [0.4, 0.5) is 20.3 Å². The number of aryl methyl sites for hydroxylation is 2. The second-order valence-corrected chi connectivity index (χ2v) is 11.0. The molecule has 1 aromatic carbocycles. The zero-order valence-corrected chi connectivity index (χ0v) is 23.9. The zero-order chi connectivity index (χ0) is 28.9. The van der Waals surface area contributed by atoms with Crippen LogP contribution in [0, 0.1) is 6.92 Å². The maximum absolute atomic E-state index is 13.8. The minimum atomic E-state index is -3.01. The van der Waals surface area contributed by atoms with Crippen molar-refractivity contribution in [3.63, 3.8) is 0 Å². The Morgan fingerprint density at radius 2 is 1.73 bits per heavy atom. The third-order valence-electron chi connectivity index (χ3n) is 7.01. The first-order chi connectivity index (χ1) is 18.8. The second-order valence-electron chi connectivity index (χ2n) is 11.0. The molecule has 1 amide bonds. The van der Waals surface area contributed by atoms with Gasteiger partial charge < -0.3 is 14.4 Å². The largest absolute Gasteiger partial charge is 0.341 e. The molecule has 0 aliphatic carbocycles. The van der Waals surface area contributed by atoms with E-state index in [1.807, 2.05) is 60.8 Å². The van der Waals surface area contributed by atoms with E-state index in [1.54, 1.807) is 22.7 Å². The average Bonchev–Trinajstić information content (AvgIpc) is 3.47. The molecule has 1 aliphatic heterocycles. The SMILES string of the molecule is Cc1cnn(C(C)C)c1-c1ncc2c(n1)N(Cc1ccc(-c3nc(C(C)(F)F)cn3C)cc1)CC(=O)N2C(C)C. The lowest BCUT2D eigenvalue weighted by Crippen LogP contribution is -2.49. The van der Waals surface area contributed by atoms with Crippen molar-refractivity contribution >= 4 is 17.4 Å². The fraction of sp³-hybridized carbons (Fsp3) is 0.414. The summed E-state index contributed by atoms with van der Waals surface area (Å²) < 4.78 is 31.1. The maximum atomic E-state index is 13.8. The summed E-state index contributed by atoms with van der Waals surface area (Å²) in [7, 11) is 1.70. The van der Waals surface area contributed by atoms with Crippen molar-refractivity contribution in [1.29, 1.82) is 0 Å². The summed E-state index contributed by atoms with van der Waals surface area (Å²) in [5, 5.41) is 4.51. The van der Waals surface area contributed by atoms with Gasteiger partial charge in [0.25, 0.3) is 5.92 Å². The van der Waals surface area contributed by atoms with Crippen LogP contribution in [0.3, 0.4) is 0 Å². The molecule has 5 rings (SSSR count). The summed E-state index contributed by atoms with van der Waals surface area (Å²) in [4.78, 5) is 30.7. The van der Waals surface area contributed by atoms with E-state index in [0.717, 1.165) is 29.3 Å². The highest BCUT2D eigenvalue weighted by Gasteiger charge is 2.34. The highest BCUT2D eigenvalue weighted by atomic mass is 19.3. The number of benzene rings is 1. The highest BCUT2D eigenvalue weighted by Crippen LogP contribution is 2.36. The van der Waals surface area contributed by atoms with Gasteiger partial charge in [-0.2, -0.15) is 13.9 Å². The smallest absolute Gasteiger partial charge is 0.288 e. The van der Waals surface area contributed by atoms with Gasteiger partial charge in [-0.05, 0) is 45.7 Å². The lowest BCUT2D eigenvalue weighted by molar-refractivity contribution is -0.118. The number of hydrogen-bond acceptors (Lipinski definition) is 6. The Labute approximate surface area is 232 Å². The monoisotopic (exact) mass is 548 g/mol. The Morgan fingerprint density at radius 3 is 2.33 bits per heavy atom. The summed E-state index contributed by atoms with van der Waals surface area (Å²) in [6, 6.07) is 7.64. The van der Waals surface area contributed by atoms with Gasteiger partial charge in [0, 0.05) is 44.4 Å². The molecule has 4 heterocycles. The van der Waals surface area contributed by atoms with Crippen molar-refractivity contribution < 1.29 is 13.6 Å². The zero-order valence-electron chi connectivity index (χ0n) is 23.9. The van der Waals surface area contributed by atoms with Crippen LogP contribution in [-0.4, -0.2) is 47.8 Å². The summed E-state index contributed by atoms with van der Waals surface area (Å²) in [6.07, 6.45) is 4.89. The third kappa shape index (κ3) is 4.96. The minimum absolute atomic E-state index is 0.0279. The lowest BCUT2D eigenvalue weighted by atomic mass is 10.1. The minimum Gasteiger partial charge on any atom is -0.341 e. The number of hydrogen-bond donors (Lipinski definition) is 0. The molecule has 0 radical (unpaired) electrons. The predicted octanol–water partition coefficient (Wildman–Crippen LogP) is 5.50. The quantitative estimate of drug-likeness (QED) is 0.303. The van der Waals surface area contributed by atoms with Crippen molar-refractivity contribution in [2.75, 3.05) is 16.3 Å². The molecule has 11 heteroatoms. The molecular formula is C29H34F2N8O. The number of imidazole rings is 1. The molecule has 0 spiro atoms. The van der Waals surface area contributed by atoms with Crippen molar-refractivity contribution in [2.45, 2.75) is 66.1 Å². The Hall–Kier alpha value is -4.15. The molecule has 0 fully saturated rings. The van der Waals surface area contributed by atoms with Crippen LogP contribution in [0.5, 0.6) is 0 Å². The fourth-order valence-corrected chi connectivity index (χ4v) is 5.07. The fourth-order valence-electron chi connectivity index (χ4n) is 5.07. The van der Waals surface area contributed by atoms with Gasteiger partial charge >= 0.3 is 0 Å². The summed E-state index contributed by atoms with van der Waals surface area (Å²) >= 11 is 0. The Balaban J connectivity index is 1.50. The van der Waals surface area contributed by atoms with Gasteiger partial charge in [-0.3, -0.25) is 9.48 Å². The summed E-state index contributed by atoms with van der Waals surface area (Å²) in [5.74, 6) is -1.35. The van der Waals surface area contributed by atoms with E-state index in [-0.39, 0.29) is 30.2 Å². The Morgan fingerprint density at radius 1 is 1.02 bits per heavy atom. The molecule has 0 unspecified atom stereocenters. The average molecular weight is 549 g/mol. The second kappa shape index (κ2) is 10.1. The van der Waals surface area contributed by atoms with Crippen molar-refractivity contribution in [2.24, 2.45) is 7.05 Å². The van der Waals surface area contributed by atoms with E-state index in [9.17, 15) is 13.6 Å². The molecule has 0 saturated carbocycles. The lowest BCUT2D eigenvalue weighted by Gasteiger charge is -2.38. The molecular weight excluding hydrogens is 514 g/mol. The number of halogens is 2. The van der Waals surface area contributed by atoms with Gasteiger partial charge in [-0.1, -0.05) is 24.3 Å². The topological polar surface area (TPSA) is 85.0 Å². The Bertz CT molecular complexity index is 1550. The van der Waals surface area contributed by atoms with E-state index in [0.29, 0.717) is 29.7 Å². The number of amides is 1. The molecule has 4 aromatic rings. The van der Waals surface area contributed by atoms with Gasteiger partial charge in [-0.15, -0.1) is 0 Å². The standard InChI is InChI=1S/C29H34F2N8O/c1-17(2)38-22-13-32-26(25-19(5)12-33-39(25)18(3)4)35-28(22)37(16-24(38)40)14-20-8-10-21(11-9-20)27-34-23(15-36(27)7)29(6,30)31/h8-13,15,17-18H,14,16H2,1-7H3. The number of fused-ring (bicyclic) bond motifs is 1. The molecule has 0 saturated heterocycles. The van der Waals surface area contributed by atoms with Gasteiger partial charge in [-0.25, -0.2) is 15.0 Å². The number of nitrogens with zero attached hydrogens (tertiary/aromatic N) is 8. The third-order valence-corrected chi connectivity index (χ3v) is 7.01. The van der Waals surface area contributed by atoms with Crippen LogP contribution < -0.4 is 9.80 Å². The highest BCUT2D eigenvalue weighted by molar-refractivity contribution is 6.02. The number of rotatable bonds is 7. The van der Waals surface area contributed by atoms with Crippen molar-refractivity contribution in [3.05, 3.63) is 59.7 Å². The van der Waals surface area contributed by atoms with Crippen molar-refractivity contribution in [3.8, 4) is 22.9 Å². The summed E-state index contributed by atoms with van der Waals surface area (Å²) in [5.41, 5.74) is 3.89. The summed E-state index contributed by atoms with van der Waals surface area (Å²) in [6.45, 7) is 11.5. The van der Waals surface area contributed by atoms with Gasteiger partial charge in [0.1, 0.15) is 22.9 Å². The molecule has 3 aromatic heterocycles. The van der Waals surface area contributed by atoms with Crippen molar-refractivity contribution in [1.82, 2.24) is 29.3 Å². The Kier molecular flexibility index (Phi) is 6.93. The molecule has 0 atom stereocenters. The van der Waals surface area contributed by atoms with E-state index in [1.165, 1.54) is 6.20 Å². The molecule has 1 aliphatic rings. The molecule has 0 bridgehead atoms. The van der Waals surface area contributed by atoms with Crippen LogP contribution in [0.1, 0.15) is 57.5 Å². The number of aromatic nitrogens is 6. The van der Waals surface area contributed by atoms with Crippen LogP contribution in [0.25, 0.3) is 22.9 Å². The van der Waals surface area contributed by atoms with Gasteiger partial charge in [0.2, 0.25) is 5.91 Å². The predicted molar refractivity (Wildman–Crippen MR) is 150 cm³/mol. The molecule has 210 valence electrons. The van der Waals surface area contributed by atoms with E-state index in [2.05, 4.69) is 28.9 Å². The maximum Gasteiger partial charge on any atom is 0.288 e. The van der Waals surface area contributed by atoms with E-state index in [4.69, 9.17) is 4.98 Å². The molecule has 0 N–H and O–H groups in total. The number of anilines is 2. The van der Waals surface area contributed by atoms with Gasteiger partial charge in [0.05, 0.1) is 18.9 Å². The number of carbonyl (C=O) groups is 1. The first kappa shape index (κ1) is 27.4. The molecule has 9 nitrogen and oxygen atoms in total. The van der Waals surface area contributed by atoms with Gasteiger partial charge in [0.15, 0.2) is 11.6 Å². The van der Waals surface area contributed by atoms with Crippen LogP contribution in [-0.2, 0) is 24.3 Å². The first-order valence-corrected chi connectivity index (χ1v) is 13.3. The van der Waals surface area contributed by atoms with E-state index < -0.39 is 5.92 Å². The van der Waals surface area contributed by atoms with Crippen LogP contribution >= 0.6 is 0 Å². The normalized spacial score (nSPS) is 14.0. The molecule has 40 heavy (non-hydrogen) atoms. The number of carbonyl (C=O) groups excluding carboxylic acids is 1. The number of alkyl halides is 2. The van der Waals surface area contributed by atoms with Crippen LogP contribution in [0.2, 0.25) is 0 Å². The first-order valence-electron chi connectivity index (χ1n) is 13.3. The van der Waals surface area contributed by atoms with E-state index >= 15 is 0 Å².